The van der Waals surface area contributed by atoms with E-state index >= 15 is 0 Å². The Labute approximate surface area is 97.2 Å². The molecule has 16 heavy (non-hydrogen) atoms. The fraction of sp³-hybridized carbons (Fsp3) is 0.615. The summed E-state index contributed by atoms with van der Waals surface area (Å²) < 4.78 is 5.43. The third-order valence-corrected chi connectivity index (χ3v) is 3.40. The molecule has 0 saturated carbocycles. The van der Waals surface area contributed by atoms with Gasteiger partial charge in [0.2, 0.25) is 0 Å². The molecule has 0 bridgehead atoms. The van der Waals surface area contributed by atoms with E-state index in [1.165, 1.54) is 17.5 Å². The monoisotopic (exact) mass is 220 g/mol. The van der Waals surface area contributed by atoms with Crippen molar-refractivity contribution < 1.29 is 4.74 Å². The Hall–Kier alpha value is -0.930. The van der Waals surface area contributed by atoms with Crippen molar-refractivity contribution >= 4 is 0 Å². The highest BCUT2D eigenvalue weighted by Crippen LogP contribution is 2.27. The van der Waals surface area contributed by atoms with Gasteiger partial charge in [0.15, 0.2) is 0 Å². The van der Waals surface area contributed by atoms with Crippen molar-refractivity contribution in [3.8, 4) is 0 Å². The molecule has 2 rings (SSSR count). The third-order valence-electron chi connectivity index (χ3n) is 3.40. The maximum atomic E-state index is 5.43. The number of aromatic nitrogens is 1. The molecule has 1 saturated heterocycles. The third kappa shape index (κ3) is 2.60. The van der Waals surface area contributed by atoms with Gasteiger partial charge in [0.05, 0.1) is 0 Å². The molecule has 3 nitrogen and oxygen atoms in total. The Balaban J connectivity index is 2.06. The van der Waals surface area contributed by atoms with Crippen molar-refractivity contribution in [1.29, 1.82) is 0 Å². The first-order chi connectivity index (χ1) is 7.81. The molecule has 0 aromatic carbocycles. The van der Waals surface area contributed by atoms with Gasteiger partial charge in [-0.05, 0) is 49.9 Å². The summed E-state index contributed by atoms with van der Waals surface area (Å²) in [5.41, 5.74) is 2.63. The number of hydrogen-bond acceptors (Lipinski definition) is 3. The lowest BCUT2D eigenvalue weighted by molar-refractivity contribution is 0.181. The number of ether oxygens (including phenoxy) is 1. The molecule has 1 aromatic rings. The molecule has 88 valence electrons. The quantitative estimate of drug-likeness (QED) is 0.843. The van der Waals surface area contributed by atoms with E-state index in [4.69, 9.17) is 4.74 Å². The summed E-state index contributed by atoms with van der Waals surface area (Å²) in [6.45, 7) is 3.98. The van der Waals surface area contributed by atoms with Gasteiger partial charge in [-0.1, -0.05) is 0 Å². The maximum Gasteiger partial charge on any atom is 0.0495 e. The molecule has 1 aliphatic rings. The van der Waals surface area contributed by atoms with Gasteiger partial charge in [-0.15, -0.1) is 0 Å². The number of hydrogen-bond donors (Lipinski definition) is 1. The first-order valence-corrected chi connectivity index (χ1v) is 5.96. The van der Waals surface area contributed by atoms with Crippen molar-refractivity contribution in [2.45, 2.75) is 25.8 Å². The summed E-state index contributed by atoms with van der Waals surface area (Å²) in [7, 11) is 2.02. The minimum Gasteiger partial charge on any atom is -0.381 e. The molecule has 0 aliphatic carbocycles. The van der Waals surface area contributed by atoms with Gasteiger partial charge in [-0.25, -0.2) is 0 Å². The van der Waals surface area contributed by atoms with E-state index in [1.54, 1.807) is 0 Å². The fourth-order valence-corrected chi connectivity index (χ4v) is 2.34. The van der Waals surface area contributed by atoms with Gasteiger partial charge in [0, 0.05) is 31.6 Å². The SMILES string of the molecule is CNC(CC1CCOC1)c1cnccc1C. The lowest BCUT2D eigenvalue weighted by Crippen LogP contribution is -2.21. The zero-order chi connectivity index (χ0) is 11.4. The number of pyridine rings is 1. The van der Waals surface area contributed by atoms with Crippen LogP contribution in [-0.4, -0.2) is 25.2 Å². The zero-order valence-electron chi connectivity index (χ0n) is 10.1. The van der Waals surface area contributed by atoms with E-state index in [-0.39, 0.29) is 0 Å². The Morgan fingerprint density at radius 2 is 2.50 bits per heavy atom. The summed E-state index contributed by atoms with van der Waals surface area (Å²) in [6.07, 6.45) is 6.16. The molecule has 1 aromatic heterocycles. The molecular weight excluding hydrogens is 200 g/mol. The van der Waals surface area contributed by atoms with Crippen LogP contribution in [0.1, 0.15) is 30.0 Å². The van der Waals surface area contributed by atoms with Crippen LogP contribution in [-0.2, 0) is 4.74 Å². The van der Waals surface area contributed by atoms with E-state index < -0.39 is 0 Å². The summed E-state index contributed by atoms with van der Waals surface area (Å²) >= 11 is 0. The highest BCUT2D eigenvalue weighted by molar-refractivity contribution is 5.25. The lowest BCUT2D eigenvalue weighted by Gasteiger charge is -2.21. The van der Waals surface area contributed by atoms with Crippen molar-refractivity contribution in [1.82, 2.24) is 10.3 Å². The molecule has 2 heterocycles. The van der Waals surface area contributed by atoms with Gasteiger partial charge in [0.1, 0.15) is 0 Å². The van der Waals surface area contributed by atoms with Gasteiger partial charge >= 0.3 is 0 Å². The first-order valence-electron chi connectivity index (χ1n) is 5.96. The van der Waals surface area contributed by atoms with Crippen molar-refractivity contribution in [3.63, 3.8) is 0 Å². The number of nitrogens with one attached hydrogen (secondary N) is 1. The molecule has 1 aliphatic heterocycles. The van der Waals surface area contributed by atoms with Crippen LogP contribution in [0.2, 0.25) is 0 Å². The standard InChI is InChI=1S/C13H20N2O/c1-10-3-5-15-8-12(10)13(14-2)7-11-4-6-16-9-11/h3,5,8,11,13-14H,4,6-7,9H2,1-2H3. The maximum absolute atomic E-state index is 5.43. The number of aryl methyl sites for hydroxylation is 1. The zero-order valence-corrected chi connectivity index (χ0v) is 10.1. The minimum atomic E-state index is 0.403. The normalized spacial score (nSPS) is 22.2. The second kappa shape index (κ2) is 5.41. The van der Waals surface area contributed by atoms with Crippen molar-refractivity contribution in [3.05, 3.63) is 29.6 Å². The predicted octanol–water partition coefficient (Wildman–Crippen LogP) is 2.08. The van der Waals surface area contributed by atoms with Crippen LogP contribution in [0.25, 0.3) is 0 Å². The molecule has 2 atom stereocenters. The topological polar surface area (TPSA) is 34.1 Å². The molecule has 0 radical (unpaired) electrons. The van der Waals surface area contributed by atoms with E-state index in [1.807, 2.05) is 19.4 Å². The summed E-state index contributed by atoms with van der Waals surface area (Å²) in [5.74, 6) is 0.692. The largest absolute Gasteiger partial charge is 0.381 e. The molecule has 2 unspecified atom stereocenters. The fourth-order valence-electron chi connectivity index (χ4n) is 2.34. The minimum absolute atomic E-state index is 0.403. The first kappa shape index (κ1) is 11.6. The molecule has 1 fully saturated rings. The highest BCUT2D eigenvalue weighted by Gasteiger charge is 2.21. The van der Waals surface area contributed by atoms with Gasteiger partial charge in [-0.2, -0.15) is 0 Å². The average Bonchev–Trinajstić information content (AvgIpc) is 2.80. The second-order valence-corrected chi connectivity index (χ2v) is 4.54. The Morgan fingerprint density at radius 1 is 1.62 bits per heavy atom. The number of rotatable bonds is 4. The smallest absolute Gasteiger partial charge is 0.0495 e. The molecule has 1 N–H and O–H groups in total. The Morgan fingerprint density at radius 3 is 3.12 bits per heavy atom. The van der Waals surface area contributed by atoms with Crippen molar-refractivity contribution in [2.24, 2.45) is 5.92 Å². The van der Waals surface area contributed by atoms with Gasteiger partial charge < -0.3 is 10.1 Å². The Kier molecular flexibility index (Phi) is 3.91. The molecule has 0 spiro atoms. The lowest BCUT2D eigenvalue weighted by atomic mass is 9.93. The van der Waals surface area contributed by atoms with E-state index in [9.17, 15) is 0 Å². The predicted molar refractivity (Wildman–Crippen MR) is 64.3 cm³/mol. The van der Waals surface area contributed by atoms with Crippen LogP contribution in [0.3, 0.4) is 0 Å². The van der Waals surface area contributed by atoms with Crippen LogP contribution in [0.15, 0.2) is 18.5 Å². The summed E-state index contributed by atoms with van der Waals surface area (Å²) in [6, 6.07) is 2.48. The highest BCUT2D eigenvalue weighted by atomic mass is 16.5. The van der Waals surface area contributed by atoms with E-state index in [0.717, 1.165) is 19.6 Å². The summed E-state index contributed by atoms with van der Waals surface area (Å²) in [4.78, 5) is 4.22. The van der Waals surface area contributed by atoms with Crippen LogP contribution in [0.5, 0.6) is 0 Å². The van der Waals surface area contributed by atoms with Gasteiger partial charge in [-0.3, -0.25) is 4.98 Å². The van der Waals surface area contributed by atoms with Crippen LogP contribution in [0, 0.1) is 12.8 Å². The van der Waals surface area contributed by atoms with Gasteiger partial charge in [0.25, 0.3) is 0 Å². The van der Waals surface area contributed by atoms with Crippen LogP contribution in [0.4, 0.5) is 0 Å². The van der Waals surface area contributed by atoms with Crippen LogP contribution < -0.4 is 5.32 Å². The van der Waals surface area contributed by atoms with E-state index in [2.05, 4.69) is 23.3 Å². The Bertz CT molecular complexity index is 334. The van der Waals surface area contributed by atoms with E-state index in [0.29, 0.717) is 12.0 Å². The van der Waals surface area contributed by atoms with Crippen LogP contribution >= 0.6 is 0 Å². The second-order valence-electron chi connectivity index (χ2n) is 4.54. The summed E-state index contributed by atoms with van der Waals surface area (Å²) in [5, 5.41) is 3.39. The molecular formula is C13H20N2O. The average molecular weight is 220 g/mol. The number of nitrogens with zero attached hydrogens (tertiary/aromatic N) is 1. The van der Waals surface area contributed by atoms with Crippen molar-refractivity contribution in [2.75, 3.05) is 20.3 Å². The molecule has 3 heteroatoms. The molecule has 0 amide bonds.